The van der Waals surface area contributed by atoms with Crippen molar-refractivity contribution >= 4 is 37.1 Å². The van der Waals surface area contributed by atoms with Crippen molar-refractivity contribution in [2.24, 2.45) is 0 Å². The molecule has 3 rings (SSSR count). The number of benzene rings is 2. The molecule has 2 aromatic carbocycles. The first-order valence-electron chi connectivity index (χ1n) is 8.50. The minimum atomic E-state index is -3.49. The third kappa shape index (κ3) is 3.83. The van der Waals surface area contributed by atoms with Crippen molar-refractivity contribution in [2.45, 2.75) is 18.2 Å². The van der Waals surface area contributed by atoms with Crippen LogP contribution < -0.4 is 9.62 Å². The summed E-state index contributed by atoms with van der Waals surface area (Å²) in [6.45, 7) is 1.82. The Morgan fingerprint density at radius 2 is 1.86 bits per heavy atom. The van der Waals surface area contributed by atoms with Gasteiger partial charge in [-0.15, -0.1) is 0 Å². The van der Waals surface area contributed by atoms with Gasteiger partial charge < -0.3 is 10.4 Å². The number of phenolic OH excluding ortho intramolecular Hbond substituents is 1. The van der Waals surface area contributed by atoms with Gasteiger partial charge in [-0.05, 0) is 48.4 Å². The largest absolute Gasteiger partial charge is 0.506 e. The maximum Gasteiger partial charge on any atom is 0.255 e. The third-order valence-corrected chi connectivity index (χ3v) is 7.46. The predicted molar refractivity (Wildman–Crippen MR) is 106 cm³/mol. The number of carbonyl (C=O) groups is 1. The van der Waals surface area contributed by atoms with Crippen LogP contribution in [0.3, 0.4) is 0 Å². The van der Waals surface area contributed by atoms with Gasteiger partial charge in [-0.2, -0.15) is 0 Å². The Bertz CT molecular complexity index is 1160. The van der Waals surface area contributed by atoms with Gasteiger partial charge in [0, 0.05) is 12.1 Å². The van der Waals surface area contributed by atoms with Crippen LogP contribution in [0.5, 0.6) is 5.75 Å². The summed E-state index contributed by atoms with van der Waals surface area (Å²) < 4.78 is 48.9. The zero-order chi connectivity index (χ0) is 20.7. The number of nitrogens with one attached hydrogen (secondary N) is 1. The zero-order valence-electron chi connectivity index (χ0n) is 15.3. The summed E-state index contributed by atoms with van der Waals surface area (Å²) in [4.78, 5) is 12.6. The number of fused-ring (bicyclic) bond motifs is 1. The number of nitrogens with zero attached hydrogens (tertiary/aromatic N) is 1. The lowest BCUT2D eigenvalue weighted by molar-refractivity contribution is 0.102. The molecule has 1 heterocycles. The molecule has 0 radical (unpaired) electrons. The monoisotopic (exact) mass is 424 g/mol. The number of phenols is 1. The van der Waals surface area contributed by atoms with E-state index in [4.69, 9.17) is 0 Å². The summed E-state index contributed by atoms with van der Waals surface area (Å²) >= 11 is 0. The molecule has 0 aliphatic carbocycles. The summed E-state index contributed by atoms with van der Waals surface area (Å²) in [7, 11) is -6.87. The highest BCUT2D eigenvalue weighted by Crippen LogP contribution is 2.32. The normalized spacial score (nSPS) is 14.0. The molecule has 0 aromatic heterocycles. The number of amides is 1. The Kier molecular flexibility index (Phi) is 5.11. The lowest BCUT2D eigenvalue weighted by atomic mass is 10.1. The summed E-state index contributed by atoms with van der Waals surface area (Å²) in [5, 5.41) is 12.5. The van der Waals surface area contributed by atoms with Gasteiger partial charge >= 0.3 is 0 Å². The van der Waals surface area contributed by atoms with E-state index in [9.17, 15) is 26.7 Å². The van der Waals surface area contributed by atoms with Gasteiger partial charge in [0.25, 0.3) is 5.91 Å². The van der Waals surface area contributed by atoms with Crippen molar-refractivity contribution in [3.8, 4) is 5.75 Å². The molecule has 150 valence electrons. The fourth-order valence-electron chi connectivity index (χ4n) is 3.03. The Hall–Kier alpha value is -2.59. The molecular formula is C18H20N2O6S2. The molecule has 10 heteroatoms. The lowest BCUT2D eigenvalue weighted by Crippen LogP contribution is -2.27. The molecule has 0 bridgehead atoms. The van der Waals surface area contributed by atoms with Crippen molar-refractivity contribution in [2.75, 3.05) is 28.2 Å². The molecule has 1 aliphatic heterocycles. The van der Waals surface area contributed by atoms with Gasteiger partial charge in [-0.1, -0.05) is 6.92 Å². The van der Waals surface area contributed by atoms with Gasteiger partial charge in [0.2, 0.25) is 10.0 Å². The van der Waals surface area contributed by atoms with Gasteiger partial charge in [0.05, 0.1) is 28.3 Å². The molecule has 0 fully saturated rings. The summed E-state index contributed by atoms with van der Waals surface area (Å²) in [5.74, 6) is -0.901. The van der Waals surface area contributed by atoms with E-state index in [0.717, 1.165) is 11.8 Å². The number of hydrogen-bond donors (Lipinski definition) is 2. The topological polar surface area (TPSA) is 121 Å². The highest BCUT2D eigenvalue weighted by atomic mass is 32.2. The maximum atomic E-state index is 12.6. The first-order chi connectivity index (χ1) is 13.0. The third-order valence-electron chi connectivity index (χ3n) is 4.55. The number of sulfonamides is 1. The average Bonchev–Trinajstić information content (AvgIpc) is 3.06. The second kappa shape index (κ2) is 7.10. The number of hydrogen-bond acceptors (Lipinski definition) is 6. The van der Waals surface area contributed by atoms with E-state index in [1.54, 1.807) is 12.1 Å². The van der Waals surface area contributed by atoms with Crippen LogP contribution in [0, 0.1) is 0 Å². The van der Waals surface area contributed by atoms with Crippen LogP contribution in [-0.4, -0.2) is 46.4 Å². The Morgan fingerprint density at radius 1 is 1.14 bits per heavy atom. The van der Waals surface area contributed by atoms with E-state index in [2.05, 4.69) is 5.32 Å². The average molecular weight is 425 g/mol. The summed E-state index contributed by atoms with van der Waals surface area (Å²) in [6, 6.07) is 8.35. The van der Waals surface area contributed by atoms with Crippen LogP contribution in [-0.2, 0) is 26.3 Å². The first-order valence-corrected chi connectivity index (χ1v) is 12.0. The standard InChI is InChI=1S/C18H20N2O6S2/c1-3-28(25,26)14-5-7-17(21)15(11-14)19-18(22)13-4-6-16-12(10-13)8-9-20(16)27(2,23)24/h4-7,10-11,21H,3,8-9H2,1-2H3,(H,19,22). The van der Waals surface area contributed by atoms with Crippen LogP contribution >= 0.6 is 0 Å². The van der Waals surface area contributed by atoms with Crippen LogP contribution in [0.15, 0.2) is 41.3 Å². The molecule has 1 amide bonds. The summed E-state index contributed by atoms with van der Waals surface area (Å²) in [6.07, 6.45) is 1.61. The zero-order valence-corrected chi connectivity index (χ0v) is 17.0. The smallest absolute Gasteiger partial charge is 0.255 e. The Balaban J connectivity index is 1.88. The van der Waals surface area contributed by atoms with Gasteiger partial charge in [0.1, 0.15) is 5.75 Å². The predicted octanol–water partition coefficient (Wildman–Crippen LogP) is 1.76. The fraction of sp³-hybridized carbons (Fsp3) is 0.278. The molecule has 0 atom stereocenters. The second-order valence-corrected chi connectivity index (χ2v) is 10.7. The highest BCUT2D eigenvalue weighted by Gasteiger charge is 2.27. The highest BCUT2D eigenvalue weighted by molar-refractivity contribution is 7.92. The van der Waals surface area contributed by atoms with E-state index >= 15 is 0 Å². The van der Waals surface area contributed by atoms with Crippen LogP contribution in [0.25, 0.3) is 0 Å². The molecule has 0 unspecified atom stereocenters. The number of sulfone groups is 1. The van der Waals surface area contributed by atoms with Crippen molar-refractivity contribution in [3.63, 3.8) is 0 Å². The van der Waals surface area contributed by atoms with Crippen LogP contribution in [0.2, 0.25) is 0 Å². The number of aromatic hydroxyl groups is 1. The quantitative estimate of drug-likeness (QED) is 0.706. The van der Waals surface area contributed by atoms with E-state index in [1.165, 1.54) is 35.5 Å². The van der Waals surface area contributed by atoms with Gasteiger partial charge in [-0.25, -0.2) is 16.8 Å². The number of anilines is 2. The summed E-state index contributed by atoms with van der Waals surface area (Å²) in [5.41, 5.74) is 1.53. The molecule has 2 aromatic rings. The van der Waals surface area contributed by atoms with Gasteiger partial charge in [0.15, 0.2) is 9.84 Å². The van der Waals surface area contributed by atoms with E-state index in [0.29, 0.717) is 18.7 Å². The lowest BCUT2D eigenvalue weighted by Gasteiger charge is -2.16. The second-order valence-electron chi connectivity index (χ2n) is 6.47. The minimum absolute atomic E-state index is 0.000785. The molecule has 28 heavy (non-hydrogen) atoms. The molecular weight excluding hydrogens is 404 g/mol. The Morgan fingerprint density at radius 3 is 2.50 bits per heavy atom. The molecule has 0 spiro atoms. The van der Waals surface area contributed by atoms with Crippen molar-refractivity contribution < 1.29 is 26.7 Å². The van der Waals surface area contributed by atoms with Gasteiger partial charge in [-0.3, -0.25) is 9.10 Å². The Labute approximate surface area is 163 Å². The number of rotatable bonds is 5. The minimum Gasteiger partial charge on any atom is -0.506 e. The molecule has 1 aliphatic rings. The molecule has 0 saturated heterocycles. The van der Waals surface area contributed by atoms with Crippen molar-refractivity contribution in [3.05, 3.63) is 47.5 Å². The van der Waals surface area contributed by atoms with E-state index in [1.807, 2.05) is 0 Å². The van der Waals surface area contributed by atoms with Crippen LogP contribution in [0.1, 0.15) is 22.8 Å². The van der Waals surface area contributed by atoms with Crippen molar-refractivity contribution in [1.29, 1.82) is 0 Å². The maximum absolute atomic E-state index is 12.6. The molecule has 8 nitrogen and oxygen atoms in total. The molecule has 0 saturated carbocycles. The SMILES string of the molecule is CCS(=O)(=O)c1ccc(O)c(NC(=O)c2ccc3c(c2)CCN3S(C)(=O)=O)c1. The van der Waals surface area contributed by atoms with E-state index < -0.39 is 25.8 Å². The van der Waals surface area contributed by atoms with Crippen LogP contribution in [0.4, 0.5) is 11.4 Å². The fourth-order valence-corrected chi connectivity index (χ4v) is 4.89. The number of carbonyl (C=O) groups excluding carboxylic acids is 1. The first kappa shape index (κ1) is 20.2. The van der Waals surface area contributed by atoms with Crippen molar-refractivity contribution in [1.82, 2.24) is 0 Å². The molecule has 2 N–H and O–H groups in total. The van der Waals surface area contributed by atoms with E-state index in [-0.39, 0.29) is 27.6 Å².